The fraction of sp³-hybridized carbons (Fsp3) is 0.615. The number of hydrogen-bond acceptors (Lipinski definition) is 4. The molecule has 0 bridgehead atoms. The molecule has 0 radical (unpaired) electrons. The predicted octanol–water partition coefficient (Wildman–Crippen LogP) is 1.18. The molecule has 1 saturated heterocycles. The standard InChI is InChI=1S/C13H17N5O/c14-10-16-7-4-11-8-15-18(12(11)9-16)13(19)17-5-2-1-3-6-17/h8H,1-7,9H2. The second-order valence-electron chi connectivity index (χ2n) is 5.13. The summed E-state index contributed by atoms with van der Waals surface area (Å²) in [5, 5.41) is 13.2. The van der Waals surface area contributed by atoms with Crippen molar-refractivity contribution in [3.8, 4) is 6.19 Å². The maximum Gasteiger partial charge on any atom is 0.344 e. The molecule has 2 aliphatic heterocycles. The zero-order valence-corrected chi connectivity index (χ0v) is 10.9. The average molecular weight is 259 g/mol. The summed E-state index contributed by atoms with van der Waals surface area (Å²) in [6.45, 7) is 2.84. The van der Waals surface area contributed by atoms with E-state index in [0.717, 1.165) is 43.6 Å². The van der Waals surface area contributed by atoms with Crippen LogP contribution in [0.2, 0.25) is 0 Å². The molecule has 0 aromatic carbocycles. The quantitative estimate of drug-likeness (QED) is 0.656. The van der Waals surface area contributed by atoms with Crippen LogP contribution >= 0.6 is 0 Å². The Morgan fingerprint density at radius 3 is 2.79 bits per heavy atom. The van der Waals surface area contributed by atoms with Crippen LogP contribution in [-0.2, 0) is 13.0 Å². The van der Waals surface area contributed by atoms with Crippen LogP contribution in [0.3, 0.4) is 0 Å². The Morgan fingerprint density at radius 1 is 1.26 bits per heavy atom. The van der Waals surface area contributed by atoms with Gasteiger partial charge in [0.1, 0.15) is 0 Å². The Balaban J connectivity index is 1.84. The van der Waals surface area contributed by atoms with Gasteiger partial charge in [0, 0.05) is 19.6 Å². The van der Waals surface area contributed by atoms with Crippen molar-refractivity contribution in [1.82, 2.24) is 19.6 Å². The summed E-state index contributed by atoms with van der Waals surface area (Å²) in [5.74, 6) is 0. The van der Waals surface area contributed by atoms with Crippen LogP contribution in [-0.4, -0.2) is 45.2 Å². The van der Waals surface area contributed by atoms with Crippen molar-refractivity contribution >= 4 is 6.03 Å². The Hall–Kier alpha value is -2.03. The van der Waals surface area contributed by atoms with Crippen molar-refractivity contribution in [3.63, 3.8) is 0 Å². The van der Waals surface area contributed by atoms with Crippen LogP contribution < -0.4 is 0 Å². The van der Waals surface area contributed by atoms with Gasteiger partial charge in [-0.25, -0.2) is 4.79 Å². The summed E-state index contributed by atoms with van der Waals surface area (Å²) < 4.78 is 1.49. The van der Waals surface area contributed by atoms with Crippen molar-refractivity contribution in [2.24, 2.45) is 0 Å². The van der Waals surface area contributed by atoms with E-state index in [-0.39, 0.29) is 6.03 Å². The first-order chi connectivity index (χ1) is 9.29. The van der Waals surface area contributed by atoms with E-state index in [0.29, 0.717) is 13.1 Å². The molecule has 3 rings (SSSR count). The van der Waals surface area contributed by atoms with Gasteiger partial charge in [-0.2, -0.15) is 15.0 Å². The molecule has 1 aromatic rings. The van der Waals surface area contributed by atoms with E-state index >= 15 is 0 Å². The topological polar surface area (TPSA) is 65.2 Å². The highest BCUT2D eigenvalue weighted by atomic mass is 16.2. The van der Waals surface area contributed by atoms with Gasteiger partial charge in [-0.15, -0.1) is 0 Å². The minimum atomic E-state index is -0.0410. The molecule has 0 N–H and O–H groups in total. The lowest BCUT2D eigenvalue weighted by Crippen LogP contribution is -2.40. The van der Waals surface area contributed by atoms with Crippen LogP contribution in [0.15, 0.2) is 6.20 Å². The van der Waals surface area contributed by atoms with Gasteiger partial charge in [-0.05, 0) is 31.2 Å². The first-order valence-corrected chi connectivity index (χ1v) is 6.79. The number of hydrogen-bond donors (Lipinski definition) is 0. The smallest absolute Gasteiger partial charge is 0.323 e. The molecule has 1 amide bonds. The molecule has 3 heterocycles. The largest absolute Gasteiger partial charge is 0.344 e. The predicted molar refractivity (Wildman–Crippen MR) is 68.2 cm³/mol. The summed E-state index contributed by atoms with van der Waals surface area (Å²) >= 11 is 0. The number of aromatic nitrogens is 2. The van der Waals surface area contributed by atoms with E-state index in [1.807, 2.05) is 4.90 Å². The van der Waals surface area contributed by atoms with Crippen LogP contribution in [0.25, 0.3) is 0 Å². The highest BCUT2D eigenvalue weighted by Gasteiger charge is 2.26. The van der Waals surface area contributed by atoms with Gasteiger partial charge in [0.25, 0.3) is 0 Å². The van der Waals surface area contributed by atoms with E-state index in [1.165, 1.54) is 11.1 Å². The van der Waals surface area contributed by atoms with Gasteiger partial charge in [0.05, 0.1) is 18.4 Å². The van der Waals surface area contributed by atoms with E-state index in [2.05, 4.69) is 11.3 Å². The Morgan fingerprint density at radius 2 is 2.05 bits per heavy atom. The average Bonchev–Trinajstić information content (AvgIpc) is 2.90. The third kappa shape index (κ3) is 2.16. The number of rotatable bonds is 0. The van der Waals surface area contributed by atoms with Crippen molar-refractivity contribution in [3.05, 3.63) is 17.5 Å². The maximum atomic E-state index is 12.5. The molecular weight excluding hydrogens is 242 g/mol. The number of nitrogens with zero attached hydrogens (tertiary/aromatic N) is 5. The van der Waals surface area contributed by atoms with Crippen LogP contribution in [0.5, 0.6) is 0 Å². The Kier molecular flexibility index (Phi) is 3.11. The highest BCUT2D eigenvalue weighted by Crippen LogP contribution is 2.19. The summed E-state index contributed by atoms with van der Waals surface area (Å²) in [6.07, 6.45) is 8.04. The third-order valence-corrected chi connectivity index (χ3v) is 3.90. The summed E-state index contributed by atoms with van der Waals surface area (Å²) in [5.41, 5.74) is 1.97. The van der Waals surface area contributed by atoms with Gasteiger partial charge in [-0.1, -0.05) is 0 Å². The third-order valence-electron chi connectivity index (χ3n) is 3.90. The van der Waals surface area contributed by atoms with E-state index in [1.54, 1.807) is 11.1 Å². The second-order valence-corrected chi connectivity index (χ2v) is 5.13. The molecule has 100 valence electrons. The molecule has 6 heteroatoms. The number of likely N-dealkylation sites (tertiary alicyclic amines) is 1. The fourth-order valence-corrected chi connectivity index (χ4v) is 2.77. The number of piperidine rings is 1. The van der Waals surface area contributed by atoms with E-state index in [9.17, 15) is 4.79 Å². The molecule has 6 nitrogen and oxygen atoms in total. The SMILES string of the molecule is N#CN1CCc2cnn(C(=O)N3CCCCC3)c2C1. The summed E-state index contributed by atoms with van der Waals surface area (Å²) in [6, 6.07) is -0.0410. The van der Waals surface area contributed by atoms with Crippen molar-refractivity contribution < 1.29 is 4.79 Å². The highest BCUT2D eigenvalue weighted by molar-refractivity contribution is 5.77. The number of carbonyl (C=O) groups excluding carboxylic acids is 1. The molecule has 2 aliphatic rings. The lowest BCUT2D eigenvalue weighted by Gasteiger charge is -2.28. The number of nitriles is 1. The molecular formula is C13H17N5O. The second kappa shape index (κ2) is 4.92. The normalized spacial score (nSPS) is 18.9. The molecule has 1 aromatic heterocycles. The van der Waals surface area contributed by atoms with Gasteiger partial charge in [0.15, 0.2) is 6.19 Å². The lowest BCUT2D eigenvalue weighted by molar-refractivity contribution is 0.183. The van der Waals surface area contributed by atoms with E-state index < -0.39 is 0 Å². The molecule has 0 aliphatic carbocycles. The molecule has 0 saturated carbocycles. The van der Waals surface area contributed by atoms with Gasteiger partial charge < -0.3 is 9.80 Å². The minimum absolute atomic E-state index is 0.0410. The maximum absolute atomic E-state index is 12.5. The Labute approximate surface area is 112 Å². The first kappa shape index (κ1) is 12.0. The molecule has 0 unspecified atom stereocenters. The molecule has 1 fully saturated rings. The molecule has 0 spiro atoms. The zero-order valence-electron chi connectivity index (χ0n) is 10.9. The van der Waals surface area contributed by atoms with Crippen molar-refractivity contribution in [2.75, 3.05) is 19.6 Å². The van der Waals surface area contributed by atoms with E-state index in [4.69, 9.17) is 5.26 Å². The minimum Gasteiger partial charge on any atom is -0.323 e. The zero-order chi connectivity index (χ0) is 13.2. The van der Waals surface area contributed by atoms with Crippen molar-refractivity contribution in [1.29, 1.82) is 5.26 Å². The van der Waals surface area contributed by atoms with Crippen LogP contribution in [0.4, 0.5) is 4.79 Å². The van der Waals surface area contributed by atoms with Gasteiger partial charge in [-0.3, -0.25) is 0 Å². The molecule has 0 atom stereocenters. The summed E-state index contributed by atoms with van der Waals surface area (Å²) in [7, 11) is 0. The summed E-state index contributed by atoms with van der Waals surface area (Å²) in [4.78, 5) is 16.0. The number of amides is 1. The van der Waals surface area contributed by atoms with Crippen molar-refractivity contribution in [2.45, 2.75) is 32.2 Å². The van der Waals surface area contributed by atoms with Crippen LogP contribution in [0.1, 0.15) is 30.5 Å². The number of fused-ring (bicyclic) bond motifs is 1. The van der Waals surface area contributed by atoms with Crippen LogP contribution in [0, 0.1) is 11.5 Å². The lowest BCUT2D eigenvalue weighted by atomic mass is 10.1. The fourth-order valence-electron chi connectivity index (χ4n) is 2.77. The monoisotopic (exact) mass is 259 g/mol. The number of carbonyl (C=O) groups is 1. The Bertz CT molecular complexity index is 524. The van der Waals surface area contributed by atoms with Gasteiger partial charge in [0.2, 0.25) is 0 Å². The first-order valence-electron chi connectivity index (χ1n) is 6.79. The van der Waals surface area contributed by atoms with Gasteiger partial charge >= 0.3 is 6.03 Å². The molecule has 19 heavy (non-hydrogen) atoms.